The summed E-state index contributed by atoms with van der Waals surface area (Å²) in [5.74, 6) is 0. The van der Waals surface area contributed by atoms with Crippen LogP contribution in [-0.2, 0) is 17.7 Å². The van der Waals surface area contributed by atoms with Crippen LogP contribution in [-0.4, -0.2) is 52.1 Å². The summed E-state index contributed by atoms with van der Waals surface area (Å²) in [6.07, 6.45) is 1.31. The van der Waals surface area contributed by atoms with Crippen molar-refractivity contribution in [2.75, 3.05) is 13.1 Å². The van der Waals surface area contributed by atoms with E-state index < -0.39 is 11.7 Å². The third-order valence-electron chi connectivity index (χ3n) is 4.21. The Hall–Kier alpha value is -0.940. The van der Waals surface area contributed by atoms with Crippen LogP contribution in [0, 0.1) is 0 Å². The standard InChI is InChI=1S/C19H31NO3/c1-14(2)23-18-13-20(12-17(18)21)11-16-7-5-15(6-8-16)9-10-19(3,4)22/h5-8,14,17-18,21-22H,9-13H2,1-4H3/t17-,18-/m0/s1. The second kappa shape index (κ2) is 7.75. The second-order valence-electron chi connectivity index (χ2n) is 7.61. The summed E-state index contributed by atoms with van der Waals surface area (Å²) in [5.41, 5.74) is 1.88. The fraction of sp³-hybridized carbons (Fsp3) is 0.684. The average Bonchev–Trinajstić information content (AvgIpc) is 2.76. The molecule has 1 aromatic carbocycles. The van der Waals surface area contributed by atoms with Crippen LogP contribution in [0.15, 0.2) is 24.3 Å². The minimum atomic E-state index is -0.615. The minimum absolute atomic E-state index is 0.0824. The van der Waals surface area contributed by atoms with E-state index in [-0.39, 0.29) is 12.2 Å². The van der Waals surface area contributed by atoms with Crippen LogP contribution in [0.25, 0.3) is 0 Å². The first-order valence-corrected chi connectivity index (χ1v) is 8.59. The molecule has 1 heterocycles. The van der Waals surface area contributed by atoms with Gasteiger partial charge in [0.15, 0.2) is 0 Å². The maximum atomic E-state index is 10.1. The molecule has 1 aromatic rings. The summed E-state index contributed by atoms with van der Waals surface area (Å²) in [5, 5.41) is 19.9. The van der Waals surface area contributed by atoms with Gasteiger partial charge in [0.05, 0.1) is 23.9 Å². The topological polar surface area (TPSA) is 52.9 Å². The first-order chi connectivity index (χ1) is 10.7. The number of likely N-dealkylation sites (tertiary alicyclic amines) is 1. The van der Waals surface area contributed by atoms with E-state index in [4.69, 9.17) is 4.74 Å². The molecule has 0 unspecified atom stereocenters. The Morgan fingerprint density at radius 2 is 1.78 bits per heavy atom. The lowest BCUT2D eigenvalue weighted by molar-refractivity contribution is -0.0396. The van der Waals surface area contributed by atoms with E-state index in [9.17, 15) is 10.2 Å². The lowest BCUT2D eigenvalue weighted by atomic mass is 9.98. The van der Waals surface area contributed by atoms with E-state index in [2.05, 4.69) is 29.2 Å². The molecule has 0 amide bonds. The predicted octanol–water partition coefficient (Wildman–Crippen LogP) is 2.36. The summed E-state index contributed by atoms with van der Waals surface area (Å²) in [7, 11) is 0. The first-order valence-electron chi connectivity index (χ1n) is 8.59. The van der Waals surface area contributed by atoms with Crippen LogP contribution < -0.4 is 0 Å². The largest absolute Gasteiger partial charge is 0.390 e. The number of hydrogen-bond acceptors (Lipinski definition) is 4. The lowest BCUT2D eigenvalue weighted by Gasteiger charge is -2.18. The Kier molecular flexibility index (Phi) is 6.20. The Balaban J connectivity index is 1.84. The molecule has 4 nitrogen and oxygen atoms in total. The van der Waals surface area contributed by atoms with Crippen LogP contribution in [0.2, 0.25) is 0 Å². The van der Waals surface area contributed by atoms with E-state index in [1.54, 1.807) is 0 Å². The molecule has 0 spiro atoms. The molecule has 0 saturated carbocycles. The fourth-order valence-electron chi connectivity index (χ4n) is 2.96. The van der Waals surface area contributed by atoms with Gasteiger partial charge in [0.2, 0.25) is 0 Å². The molecular formula is C19H31NO3. The van der Waals surface area contributed by atoms with Gasteiger partial charge in [0.25, 0.3) is 0 Å². The average molecular weight is 321 g/mol. The highest BCUT2D eigenvalue weighted by Crippen LogP contribution is 2.19. The van der Waals surface area contributed by atoms with Crippen molar-refractivity contribution < 1.29 is 14.9 Å². The van der Waals surface area contributed by atoms with Crippen molar-refractivity contribution in [3.63, 3.8) is 0 Å². The third-order valence-corrected chi connectivity index (χ3v) is 4.21. The van der Waals surface area contributed by atoms with Crippen molar-refractivity contribution in [1.82, 2.24) is 4.90 Å². The fourth-order valence-corrected chi connectivity index (χ4v) is 2.96. The highest BCUT2D eigenvalue weighted by atomic mass is 16.5. The molecule has 2 atom stereocenters. The van der Waals surface area contributed by atoms with Gasteiger partial charge in [-0.1, -0.05) is 24.3 Å². The number of rotatable bonds is 7. The number of hydrogen-bond donors (Lipinski definition) is 2. The molecule has 0 aromatic heterocycles. The summed E-state index contributed by atoms with van der Waals surface area (Å²) in [6.45, 7) is 9.97. The van der Waals surface area contributed by atoms with Gasteiger partial charge in [0.1, 0.15) is 0 Å². The number of aryl methyl sites for hydroxylation is 1. The monoisotopic (exact) mass is 321 g/mol. The highest BCUT2D eigenvalue weighted by molar-refractivity contribution is 5.23. The molecule has 1 saturated heterocycles. The maximum absolute atomic E-state index is 10.1. The van der Waals surface area contributed by atoms with Crippen LogP contribution in [0.3, 0.4) is 0 Å². The SMILES string of the molecule is CC(C)O[C@H]1CN(Cc2ccc(CCC(C)(C)O)cc2)C[C@@H]1O. The predicted molar refractivity (Wildman–Crippen MR) is 92.4 cm³/mol. The summed E-state index contributed by atoms with van der Waals surface area (Å²) < 4.78 is 5.76. The molecule has 0 bridgehead atoms. The Morgan fingerprint density at radius 1 is 1.17 bits per heavy atom. The quantitative estimate of drug-likeness (QED) is 0.809. The number of β-amino-alcohol motifs (C(OH)–C–C–N with tert-alkyl or cyclic N) is 1. The molecule has 1 fully saturated rings. The summed E-state index contributed by atoms with van der Waals surface area (Å²) >= 11 is 0. The molecular weight excluding hydrogens is 290 g/mol. The Bertz CT molecular complexity index is 478. The van der Waals surface area contributed by atoms with Crippen molar-refractivity contribution in [3.05, 3.63) is 35.4 Å². The Morgan fingerprint density at radius 3 is 2.35 bits per heavy atom. The maximum Gasteiger partial charge on any atom is 0.0976 e. The third kappa shape index (κ3) is 6.22. The van der Waals surface area contributed by atoms with E-state index >= 15 is 0 Å². The first kappa shape index (κ1) is 18.4. The van der Waals surface area contributed by atoms with E-state index in [1.807, 2.05) is 27.7 Å². The molecule has 4 heteroatoms. The molecule has 1 aliphatic rings. The molecule has 23 heavy (non-hydrogen) atoms. The lowest BCUT2D eigenvalue weighted by Crippen LogP contribution is -2.29. The van der Waals surface area contributed by atoms with Crippen molar-refractivity contribution in [1.29, 1.82) is 0 Å². The van der Waals surface area contributed by atoms with Crippen molar-refractivity contribution in [2.24, 2.45) is 0 Å². The van der Waals surface area contributed by atoms with Gasteiger partial charge in [-0.05, 0) is 51.7 Å². The number of aliphatic hydroxyl groups is 2. The number of ether oxygens (including phenoxy) is 1. The van der Waals surface area contributed by atoms with Gasteiger partial charge in [-0.25, -0.2) is 0 Å². The van der Waals surface area contributed by atoms with E-state index in [0.29, 0.717) is 6.54 Å². The zero-order valence-electron chi connectivity index (χ0n) is 14.8. The van der Waals surface area contributed by atoms with Crippen molar-refractivity contribution in [3.8, 4) is 0 Å². The van der Waals surface area contributed by atoms with Gasteiger partial charge in [0, 0.05) is 19.6 Å². The van der Waals surface area contributed by atoms with Gasteiger partial charge >= 0.3 is 0 Å². The van der Waals surface area contributed by atoms with Gasteiger partial charge in [-0.15, -0.1) is 0 Å². The highest BCUT2D eigenvalue weighted by Gasteiger charge is 2.32. The van der Waals surface area contributed by atoms with Crippen molar-refractivity contribution in [2.45, 2.75) is 71.0 Å². The number of benzene rings is 1. The van der Waals surface area contributed by atoms with Gasteiger partial charge in [-0.3, -0.25) is 4.90 Å². The van der Waals surface area contributed by atoms with Crippen LogP contribution >= 0.6 is 0 Å². The normalized spacial score (nSPS) is 22.9. The Labute approximate surface area is 140 Å². The zero-order valence-corrected chi connectivity index (χ0v) is 14.8. The molecule has 2 N–H and O–H groups in total. The molecule has 0 radical (unpaired) electrons. The smallest absolute Gasteiger partial charge is 0.0976 e. The zero-order chi connectivity index (χ0) is 17.0. The van der Waals surface area contributed by atoms with E-state index in [0.717, 1.165) is 25.9 Å². The molecule has 1 aliphatic heterocycles. The number of aliphatic hydroxyl groups excluding tert-OH is 1. The number of nitrogens with zero attached hydrogens (tertiary/aromatic N) is 1. The summed E-state index contributed by atoms with van der Waals surface area (Å²) in [6, 6.07) is 8.55. The van der Waals surface area contributed by atoms with Crippen LogP contribution in [0.1, 0.15) is 45.2 Å². The molecule has 2 rings (SSSR count). The van der Waals surface area contributed by atoms with Crippen LogP contribution in [0.4, 0.5) is 0 Å². The van der Waals surface area contributed by atoms with Gasteiger partial charge in [-0.2, -0.15) is 0 Å². The van der Waals surface area contributed by atoms with E-state index in [1.165, 1.54) is 11.1 Å². The van der Waals surface area contributed by atoms with Crippen LogP contribution in [0.5, 0.6) is 0 Å². The molecule has 130 valence electrons. The second-order valence-corrected chi connectivity index (χ2v) is 7.61. The minimum Gasteiger partial charge on any atom is -0.390 e. The molecule has 0 aliphatic carbocycles. The van der Waals surface area contributed by atoms with Crippen molar-refractivity contribution >= 4 is 0 Å². The van der Waals surface area contributed by atoms with Gasteiger partial charge < -0.3 is 14.9 Å². The summed E-state index contributed by atoms with van der Waals surface area (Å²) in [4.78, 5) is 2.24.